The average Bonchev–Trinajstić information content (AvgIpc) is 2.99. The lowest BCUT2D eigenvalue weighted by atomic mass is 10.2. The van der Waals surface area contributed by atoms with Crippen molar-refractivity contribution in [2.24, 2.45) is 0 Å². The Hall–Kier alpha value is -2.16. The number of aromatic nitrogens is 3. The van der Waals surface area contributed by atoms with E-state index in [4.69, 9.17) is 0 Å². The number of hydrogen-bond acceptors (Lipinski definition) is 0. The van der Waals surface area contributed by atoms with Crippen LogP contribution in [0.1, 0.15) is 11.4 Å². The maximum atomic E-state index is 3.40. The van der Waals surface area contributed by atoms with Crippen LogP contribution in [0.25, 0.3) is 11.4 Å². The van der Waals surface area contributed by atoms with E-state index < -0.39 is 0 Å². The summed E-state index contributed by atoms with van der Waals surface area (Å²) in [6.45, 7) is 0. The maximum Gasteiger partial charge on any atom is 0.0621 e. The van der Waals surface area contributed by atoms with Crippen molar-refractivity contribution < 1.29 is 0 Å². The topological polar surface area (TPSA) is 47.4 Å². The Labute approximate surface area is 93.5 Å². The highest BCUT2D eigenvalue weighted by atomic mass is 14.8. The molecule has 3 rings (SSSR count). The second-order valence-electron chi connectivity index (χ2n) is 3.85. The third-order valence-corrected chi connectivity index (χ3v) is 2.68. The molecule has 3 heteroatoms. The molecule has 0 unspecified atom stereocenters. The van der Waals surface area contributed by atoms with Crippen LogP contribution >= 0.6 is 0 Å². The van der Waals surface area contributed by atoms with E-state index in [2.05, 4.69) is 39.2 Å². The predicted octanol–water partition coefficient (Wildman–Crippen LogP) is 2.93. The molecule has 3 aromatic rings. The summed E-state index contributed by atoms with van der Waals surface area (Å²) in [5.74, 6) is 0. The Balaban J connectivity index is 1.83. The molecule has 0 aliphatic carbocycles. The summed E-state index contributed by atoms with van der Waals surface area (Å²) < 4.78 is 0. The fourth-order valence-corrected chi connectivity index (χ4v) is 1.88. The first-order chi connectivity index (χ1) is 7.92. The smallest absolute Gasteiger partial charge is 0.0621 e. The summed E-state index contributed by atoms with van der Waals surface area (Å²) in [5.41, 5.74) is 4.69. The van der Waals surface area contributed by atoms with Gasteiger partial charge in [0, 0.05) is 30.2 Å². The Bertz CT molecular complexity index is 544. The summed E-state index contributed by atoms with van der Waals surface area (Å²) in [7, 11) is 0. The molecule has 0 aromatic carbocycles. The molecule has 0 aliphatic rings. The summed E-state index contributed by atoms with van der Waals surface area (Å²) in [5, 5.41) is 0. The van der Waals surface area contributed by atoms with Crippen molar-refractivity contribution in [3.05, 3.63) is 60.2 Å². The molecule has 0 bridgehead atoms. The Kier molecular flexibility index (Phi) is 2.14. The lowest BCUT2D eigenvalue weighted by Crippen LogP contribution is -1.88. The Morgan fingerprint density at radius 2 is 1.62 bits per heavy atom. The van der Waals surface area contributed by atoms with E-state index in [1.54, 1.807) is 0 Å². The van der Waals surface area contributed by atoms with Crippen LogP contribution in [-0.2, 0) is 6.42 Å². The molecular formula is C13H13N3. The van der Waals surface area contributed by atoms with Crippen LogP contribution in [0, 0.1) is 0 Å². The molecule has 0 amide bonds. The number of aromatic amines is 3. The van der Waals surface area contributed by atoms with Gasteiger partial charge in [-0.3, -0.25) is 0 Å². The van der Waals surface area contributed by atoms with E-state index in [0.29, 0.717) is 0 Å². The Morgan fingerprint density at radius 1 is 0.750 bits per heavy atom. The lowest BCUT2D eigenvalue weighted by molar-refractivity contribution is 1.05. The number of rotatable bonds is 3. The van der Waals surface area contributed by atoms with Gasteiger partial charge in [0.25, 0.3) is 0 Å². The number of hydrogen-bond donors (Lipinski definition) is 3. The van der Waals surface area contributed by atoms with Gasteiger partial charge in [0.1, 0.15) is 0 Å². The summed E-state index contributed by atoms with van der Waals surface area (Å²) >= 11 is 0. The minimum atomic E-state index is 0.910. The first kappa shape index (κ1) is 9.09. The van der Waals surface area contributed by atoms with E-state index in [9.17, 15) is 0 Å². The molecule has 0 saturated carbocycles. The van der Waals surface area contributed by atoms with E-state index in [0.717, 1.165) is 17.8 Å². The van der Waals surface area contributed by atoms with E-state index in [1.807, 2.05) is 24.5 Å². The molecule has 0 saturated heterocycles. The average molecular weight is 211 g/mol. The highest BCUT2D eigenvalue weighted by Gasteiger charge is 2.03. The van der Waals surface area contributed by atoms with Crippen molar-refractivity contribution in [1.29, 1.82) is 0 Å². The van der Waals surface area contributed by atoms with Gasteiger partial charge in [-0.05, 0) is 36.4 Å². The molecule has 0 aliphatic heterocycles. The number of H-pyrrole nitrogens is 3. The molecule has 3 N–H and O–H groups in total. The monoisotopic (exact) mass is 211 g/mol. The first-order valence-corrected chi connectivity index (χ1v) is 5.36. The SMILES string of the molecule is c1c[nH]c(Cc2ccc(-c3ccc[nH]3)[nH]2)c1. The fraction of sp³-hybridized carbons (Fsp3) is 0.0769. The second-order valence-corrected chi connectivity index (χ2v) is 3.85. The second kappa shape index (κ2) is 3.77. The summed E-state index contributed by atoms with van der Waals surface area (Å²) in [6, 6.07) is 12.4. The van der Waals surface area contributed by atoms with Crippen LogP contribution in [0.5, 0.6) is 0 Å². The molecule has 0 spiro atoms. The van der Waals surface area contributed by atoms with Crippen molar-refractivity contribution in [3.8, 4) is 11.4 Å². The molecule has 3 nitrogen and oxygen atoms in total. The predicted molar refractivity (Wildman–Crippen MR) is 64.2 cm³/mol. The molecule has 3 aromatic heterocycles. The minimum absolute atomic E-state index is 0.910. The standard InChI is InChI=1S/C13H13N3/c1-3-10(14-7-1)9-11-5-6-13(16-11)12-4-2-8-15-12/h1-8,14-16H,9H2. The van der Waals surface area contributed by atoms with Crippen molar-refractivity contribution >= 4 is 0 Å². The van der Waals surface area contributed by atoms with E-state index >= 15 is 0 Å². The molecule has 3 heterocycles. The van der Waals surface area contributed by atoms with Crippen LogP contribution in [0.2, 0.25) is 0 Å². The van der Waals surface area contributed by atoms with Gasteiger partial charge in [-0.25, -0.2) is 0 Å². The lowest BCUT2D eigenvalue weighted by Gasteiger charge is -1.96. The van der Waals surface area contributed by atoms with Gasteiger partial charge in [-0.1, -0.05) is 0 Å². The molecule has 16 heavy (non-hydrogen) atoms. The largest absolute Gasteiger partial charge is 0.365 e. The maximum absolute atomic E-state index is 3.40. The van der Waals surface area contributed by atoms with Crippen LogP contribution in [0.3, 0.4) is 0 Å². The molecule has 0 atom stereocenters. The fourth-order valence-electron chi connectivity index (χ4n) is 1.88. The van der Waals surface area contributed by atoms with Crippen molar-refractivity contribution in [2.75, 3.05) is 0 Å². The molecule has 80 valence electrons. The van der Waals surface area contributed by atoms with E-state index in [-0.39, 0.29) is 0 Å². The van der Waals surface area contributed by atoms with Crippen LogP contribution < -0.4 is 0 Å². The van der Waals surface area contributed by atoms with Gasteiger partial charge in [-0.2, -0.15) is 0 Å². The van der Waals surface area contributed by atoms with Crippen LogP contribution in [0.4, 0.5) is 0 Å². The highest BCUT2D eigenvalue weighted by molar-refractivity contribution is 5.55. The summed E-state index contributed by atoms with van der Waals surface area (Å²) in [4.78, 5) is 9.79. The normalized spacial score (nSPS) is 10.8. The molecular weight excluding hydrogens is 198 g/mol. The zero-order valence-electron chi connectivity index (χ0n) is 8.83. The third kappa shape index (κ3) is 1.67. The zero-order chi connectivity index (χ0) is 10.8. The molecule has 0 fully saturated rings. The van der Waals surface area contributed by atoms with Gasteiger partial charge in [0.2, 0.25) is 0 Å². The zero-order valence-corrected chi connectivity index (χ0v) is 8.83. The van der Waals surface area contributed by atoms with Gasteiger partial charge < -0.3 is 15.0 Å². The third-order valence-electron chi connectivity index (χ3n) is 2.68. The van der Waals surface area contributed by atoms with E-state index in [1.165, 1.54) is 11.4 Å². The summed E-state index contributed by atoms with van der Waals surface area (Å²) in [6.07, 6.45) is 4.79. The minimum Gasteiger partial charge on any atom is -0.365 e. The van der Waals surface area contributed by atoms with Crippen molar-refractivity contribution in [3.63, 3.8) is 0 Å². The van der Waals surface area contributed by atoms with Gasteiger partial charge in [0.15, 0.2) is 0 Å². The van der Waals surface area contributed by atoms with Crippen LogP contribution in [-0.4, -0.2) is 15.0 Å². The van der Waals surface area contributed by atoms with Gasteiger partial charge in [-0.15, -0.1) is 0 Å². The Morgan fingerprint density at radius 3 is 2.38 bits per heavy atom. The quantitative estimate of drug-likeness (QED) is 0.596. The van der Waals surface area contributed by atoms with Crippen LogP contribution in [0.15, 0.2) is 48.8 Å². The number of nitrogens with one attached hydrogen (secondary N) is 3. The van der Waals surface area contributed by atoms with Gasteiger partial charge >= 0.3 is 0 Å². The highest BCUT2D eigenvalue weighted by Crippen LogP contribution is 2.17. The van der Waals surface area contributed by atoms with Crippen molar-refractivity contribution in [2.45, 2.75) is 6.42 Å². The van der Waals surface area contributed by atoms with Gasteiger partial charge in [0.05, 0.1) is 11.4 Å². The van der Waals surface area contributed by atoms with Crippen molar-refractivity contribution in [1.82, 2.24) is 15.0 Å². The first-order valence-electron chi connectivity index (χ1n) is 5.36. The molecule has 0 radical (unpaired) electrons.